The number of aryl methyl sites for hydroxylation is 1. The zero-order valence-electron chi connectivity index (χ0n) is 10.3. The monoisotopic (exact) mass is 332 g/mol. The first-order valence-corrected chi connectivity index (χ1v) is 6.74. The molecule has 3 nitrogen and oxygen atoms in total. The van der Waals surface area contributed by atoms with Gasteiger partial charge in [-0.3, -0.25) is 4.79 Å². The van der Waals surface area contributed by atoms with Crippen LogP contribution in [0.2, 0.25) is 0 Å². The molecule has 18 heavy (non-hydrogen) atoms. The second kappa shape index (κ2) is 7.12. The largest absolute Gasteiger partial charge is 0.348 e. The molecular formula is C13H18BrClN2O. The summed E-state index contributed by atoms with van der Waals surface area (Å²) in [6.45, 7) is 3.89. The zero-order chi connectivity index (χ0) is 12.3. The third-order valence-corrected chi connectivity index (χ3v) is 3.56. The molecule has 1 fully saturated rings. The molecule has 2 N–H and O–H groups in total. The number of amides is 1. The van der Waals surface area contributed by atoms with Crippen molar-refractivity contribution in [2.24, 2.45) is 0 Å². The van der Waals surface area contributed by atoms with Gasteiger partial charge in [0.25, 0.3) is 5.91 Å². The lowest BCUT2D eigenvalue weighted by Crippen LogP contribution is -2.45. The van der Waals surface area contributed by atoms with Crippen molar-refractivity contribution >= 4 is 34.2 Å². The molecule has 1 unspecified atom stereocenters. The summed E-state index contributed by atoms with van der Waals surface area (Å²) in [5.41, 5.74) is 1.76. The number of benzene rings is 1. The van der Waals surface area contributed by atoms with Gasteiger partial charge in [-0.25, -0.2) is 0 Å². The highest BCUT2D eigenvalue weighted by Crippen LogP contribution is 2.16. The van der Waals surface area contributed by atoms with Gasteiger partial charge in [0, 0.05) is 22.6 Å². The maximum Gasteiger partial charge on any atom is 0.251 e. The van der Waals surface area contributed by atoms with Gasteiger partial charge >= 0.3 is 0 Å². The molecule has 1 aromatic carbocycles. The number of nitrogens with one attached hydrogen (secondary N) is 2. The van der Waals surface area contributed by atoms with Gasteiger partial charge in [0.15, 0.2) is 0 Å². The van der Waals surface area contributed by atoms with Crippen molar-refractivity contribution in [3.63, 3.8) is 0 Å². The van der Waals surface area contributed by atoms with Crippen LogP contribution in [0.25, 0.3) is 0 Å². The molecule has 100 valence electrons. The predicted octanol–water partition coefficient (Wildman–Crippen LogP) is 2.66. The van der Waals surface area contributed by atoms with Crippen molar-refractivity contribution in [3.8, 4) is 0 Å². The fourth-order valence-electron chi connectivity index (χ4n) is 2.12. The average molecular weight is 334 g/mol. The summed E-state index contributed by atoms with van der Waals surface area (Å²) < 4.78 is 1.01. The smallest absolute Gasteiger partial charge is 0.251 e. The van der Waals surface area contributed by atoms with Gasteiger partial charge in [-0.15, -0.1) is 12.4 Å². The van der Waals surface area contributed by atoms with Gasteiger partial charge in [0.2, 0.25) is 0 Å². The van der Waals surface area contributed by atoms with E-state index in [9.17, 15) is 4.79 Å². The first-order chi connectivity index (χ1) is 8.16. The maximum atomic E-state index is 12.1. The summed E-state index contributed by atoms with van der Waals surface area (Å²) in [5, 5.41) is 6.37. The van der Waals surface area contributed by atoms with Crippen molar-refractivity contribution in [2.75, 3.05) is 13.1 Å². The zero-order valence-corrected chi connectivity index (χ0v) is 12.7. The Morgan fingerprint density at radius 1 is 1.50 bits per heavy atom. The van der Waals surface area contributed by atoms with Gasteiger partial charge in [-0.2, -0.15) is 0 Å². The minimum atomic E-state index is 0. The molecule has 0 saturated carbocycles. The molecule has 0 radical (unpaired) electrons. The van der Waals surface area contributed by atoms with E-state index in [0.29, 0.717) is 0 Å². The molecule has 1 saturated heterocycles. The third-order valence-electron chi connectivity index (χ3n) is 3.07. The molecule has 0 aromatic heterocycles. The van der Waals surface area contributed by atoms with Crippen molar-refractivity contribution < 1.29 is 4.79 Å². The number of carbonyl (C=O) groups excluding carboxylic acids is 1. The molecule has 1 aliphatic rings. The van der Waals surface area contributed by atoms with Crippen LogP contribution in [0.15, 0.2) is 22.7 Å². The van der Waals surface area contributed by atoms with Crippen LogP contribution in [0.1, 0.15) is 28.8 Å². The summed E-state index contributed by atoms with van der Waals surface area (Å²) in [5.74, 6) is 0.0312. The topological polar surface area (TPSA) is 41.1 Å². The van der Waals surface area contributed by atoms with Crippen LogP contribution in [0.5, 0.6) is 0 Å². The minimum absolute atomic E-state index is 0. The molecule has 0 bridgehead atoms. The fourth-order valence-corrected chi connectivity index (χ4v) is 2.60. The van der Waals surface area contributed by atoms with E-state index < -0.39 is 0 Å². The number of hydrogen-bond donors (Lipinski definition) is 2. The first kappa shape index (κ1) is 15.5. The van der Waals surface area contributed by atoms with Crippen LogP contribution < -0.4 is 10.6 Å². The Hall–Kier alpha value is -0.580. The number of halogens is 2. The quantitative estimate of drug-likeness (QED) is 0.873. The lowest BCUT2D eigenvalue weighted by molar-refractivity contribution is 0.0930. The molecule has 2 rings (SSSR count). The number of carbonyl (C=O) groups is 1. The molecule has 5 heteroatoms. The SMILES string of the molecule is Cc1cc(Br)ccc1C(=O)NC1CCCNC1.Cl. The summed E-state index contributed by atoms with van der Waals surface area (Å²) in [4.78, 5) is 12.1. The second-order valence-electron chi connectivity index (χ2n) is 4.48. The summed E-state index contributed by atoms with van der Waals surface area (Å²) in [7, 11) is 0. The van der Waals surface area contributed by atoms with E-state index in [1.165, 1.54) is 0 Å². The van der Waals surface area contributed by atoms with E-state index >= 15 is 0 Å². The number of piperidine rings is 1. The average Bonchev–Trinajstić information content (AvgIpc) is 2.30. The third kappa shape index (κ3) is 3.97. The molecule has 0 spiro atoms. The molecule has 1 amide bonds. The lowest BCUT2D eigenvalue weighted by Gasteiger charge is -2.24. The van der Waals surface area contributed by atoms with Gasteiger partial charge in [-0.05, 0) is 50.1 Å². The van der Waals surface area contributed by atoms with E-state index in [4.69, 9.17) is 0 Å². The van der Waals surface area contributed by atoms with Crippen LogP contribution in [0, 0.1) is 6.92 Å². The Balaban J connectivity index is 0.00000162. The Morgan fingerprint density at radius 2 is 2.28 bits per heavy atom. The first-order valence-electron chi connectivity index (χ1n) is 5.94. The normalized spacial score (nSPS) is 18.9. The highest BCUT2D eigenvalue weighted by Gasteiger charge is 2.17. The van der Waals surface area contributed by atoms with Crippen molar-refractivity contribution in [1.82, 2.24) is 10.6 Å². The Bertz CT molecular complexity index is 419. The van der Waals surface area contributed by atoms with Crippen LogP contribution in [0.3, 0.4) is 0 Å². The van der Waals surface area contributed by atoms with Gasteiger partial charge in [-0.1, -0.05) is 15.9 Å². The van der Waals surface area contributed by atoms with E-state index in [0.717, 1.165) is 41.5 Å². The van der Waals surface area contributed by atoms with Gasteiger partial charge < -0.3 is 10.6 Å². The molecular weight excluding hydrogens is 316 g/mol. The highest BCUT2D eigenvalue weighted by molar-refractivity contribution is 9.10. The van der Waals surface area contributed by atoms with Crippen LogP contribution in [-0.2, 0) is 0 Å². The van der Waals surface area contributed by atoms with E-state index in [1.807, 2.05) is 25.1 Å². The molecule has 1 aliphatic heterocycles. The second-order valence-corrected chi connectivity index (χ2v) is 5.39. The predicted molar refractivity (Wildman–Crippen MR) is 79.5 cm³/mol. The standard InChI is InChI=1S/C13H17BrN2O.ClH/c1-9-7-10(14)4-5-12(9)13(17)16-11-3-2-6-15-8-11;/h4-5,7,11,15H,2-3,6,8H2,1H3,(H,16,17);1H. The van der Waals surface area contributed by atoms with Crippen molar-refractivity contribution in [2.45, 2.75) is 25.8 Å². The Kier molecular flexibility index (Phi) is 6.12. The molecule has 1 aromatic rings. The fraction of sp³-hybridized carbons (Fsp3) is 0.462. The maximum absolute atomic E-state index is 12.1. The number of rotatable bonds is 2. The lowest BCUT2D eigenvalue weighted by atomic mass is 10.1. The van der Waals surface area contributed by atoms with E-state index in [1.54, 1.807) is 0 Å². The van der Waals surface area contributed by atoms with Gasteiger partial charge in [0.05, 0.1) is 0 Å². The van der Waals surface area contributed by atoms with E-state index in [-0.39, 0.29) is 24.4 Å². The summed E-state index contributed by atoms with van der Waals surface area (Å²) in [6.07, 6.45) is 2.19. The van der Waals surface area contributed by atoms with Crippen molar-refractivity contribution in [3.05, 3.63) is 33.8 Å². The number of hydrogen-bond acceptors (Lipinski definition) is 2. The molecule has 0 aliphatic carbocycles. The van der Waals surface area contributed by atoms with Crippen molar-refractivity contribution in [1.29, 1.82) is 0 Å². The van der Waals surface area contributed by atoms with Crippen LogP contribution in [-0.4, -0.2) is 25.0 Å². The van der Waals surface area contributed by atoms with Gasteiger partial charge in [0.1, 0.15) is 0 Å². The minimum Gasteiger partial charge on any atom is -0.348 e. The Labute approximate surface area is 122 Å². The summed E-state index contributed by atoms with van der Waals surface area (Å²) >= 11 is 3.40. The van der Waals surface area contributed by atoms with E-state index in [2.05, 4.69) is 26.6 Å². The highest BCUT2D eigenvalue weighted by atomic mass is 79.9. The summed E-state index contributed by atoms with van der Waals surface area (Å²) in [6, 6.07) is 6.00. The Morgan fingerprint density at radius 3 is 2.89 bits per heavy atom. The molecule has 1 heterocycles. The molecule has 1 atom stereocenters. The van der Waals surface area contributed by atoms with Crippen LogP contribution in [0.4, 0.5) is 0 Å². The van der Waals surface area contributed by atoms with Crippen LogP contribution >= 0.6 is 28.3 Å².